The molecule has 106 valence electrons. The summed E-state index contributed by atoms with van der Waals surface area (Å²) in [6.45, 7) is 5.12. The van der Waals surface area contributed by atoms with E-state index in [4.69, 9.17) is 0 Å². The van der Waals surface area contributed by atoms with Gasteiger partial charge >= 0.3 is 0 Å². The number of aromatic nitrogens is 1. The molecule has 1 aliphatic carbocycles. The number of aliphatic hydroxyl groups is 1. The summed E-state index contributed by atoms with van der Waals surface area (Å²) >= 11 is 0. The maximum absolute atomic E-state index is 10.6. The van der Waals surface area contributed by atoms with Crippen LogP contribution in [0.25, 0.3) is 0 Å². The van der Waals surface area contributed by atoms with Gasteiger partial charge in [-0.3, -0.25) is 0 Å². The summed E-state index contributed by atoms with van der Waals surface area (Å²) in [4.78, 5) is 4.40. The summed E-state index contributed by atoms with van der Waals surface area (Å²) in [5.74, 6) is 1.65. The first-order chi connectivity index (χ1) is 8.92. The van der Waals surface area contributed by atoms with E-state index >= 15 is 0 Å². The molecule has 1 aromatic rings. The van der Waals surface area contributed by atoms with E-state index < -0.39 is 5.60 Å². The zero-order valence-corrected chi connectivity index (χ0v) is 12.2. The maximum atomic E-state index is 10.6. The van der Waals surface area contributed by atoms with Gasteiger partial charge in [0.15, 0.2) is 0 Å². The van der Waals surface area contributed by atoms with Gasteiger partial charge in [0.05, 0.1) is 5.60 Å². The molecule has 0 aliphatic heterocycles. The third-order valence-corrected chi connectivity index (χ3v) is 4.14. The fourth-order valence-corrected chi connectivity index (χ4v) is 2.50. The summed E-state index contributed by atoms with van der Waals surface area (Å²) in [5.41, 5.74) is -0.219. The van der Waals surface area contributed by atoms with Crippen molar-refractivity contribution < 1.29 is 5.11 Å². The molecule has 0 saturated heterocycles. The minimum atomic E-state index is -0.590. The molecule has 1 aromatic heterocycles. The summed E-state index contributed by atoms with van der Waals surface area (Å²) in [6, 6.07) is 5.80. The molecule has 4 heteroatoms. The zero-order chi connectivity index (χ0) is 13.9. The number of hydrogen-bond acceptors (Lipinski definition) is 4. The van der Waals surface area contributed by atoms with Crippen molar-refractivity contribution >= 4 is 11.6 Å². The predicted octanol–water partition coefficient (Wildman–Crippen LogP) is 2.87. The monoisotopic (exact) mass is 263 g/mol. The summed E-state index contributed by atoms with van der Waals surface area (Å²) in [6.07, 6.45) is 3.88. The Balaban J connectivity index is 1.91. The van der Waals surface area contributed by atoms with Crippen molar-refractivity contribution in [3.63, 3.8) is 0 Å². The number of rotatable bonds is 4. The van der Waals surface area contributed by atoms with Gasteiger partial charge in [-0.15, -0.1) is 0 Å². The van der Waals surface area contributed by atoms with Crippen molar-refractivity contribution in [1.82, 2.24) is 4.98 Å². The summed E-state index contributed by atoms with van der Waals surface area (Å²) < 4.78 is 0. The van der Waals surface area contributed by atoms with Crippen LogP contribution in [0.4, 0.5) is 11.6 Å². The van der Waals surface area contributed by atoms with Crippen LogP contribution in [0.5, 0.6) is 0 Å². The Kier molecular flexibility index (Phi) is 3.99. The highest BCUT2D eigenvalue weighted by Crippen LogP contribution is 2.40. The number of hydrogen-bond donors (Lipinski definition) is 3. The van der Waals surface area contributed by atoms with Gasteiger partial charge in [-0.1, -0.05) is 19.9 Å². The average molecular weight is 263 g/mol. The zero-order valence-electron chi connectivity index (χ0n) is 12.2. The quantitative estimate of drug-likeness (QED) is 0.782. The molecular formula is C15H25N3O. The molecule has 1 saturated carbocycles. The number of nitrogens with one attached hydrogen (secondary N) is 2. The molecule has 0 bridgehead atoms. The van der Waals surface area contributed by atoms with Crippen molar-refractivity contribution in [3.8, 4) is 0 Å². The van der Waals surface area contributed by atoms with Crippen molar-refractivity contribution in [1.29, 1.82) is 0 Å². The molecule has 1 heterocycles. The summed E-state index contributed by atoms with van der Waals surface area (Å²) in [7, 11) is 1.85. The Morgan fingerprint density at radius 2 is 1.79 bits per heavy atom. The highest BCUT2D eigenvalue weighted by molar-refractivity contribution is 5.44. The second-order valence-electron chi connectivity index (χ2n) is 6.40. The summed E-state index contributed by atoms with van der Waals surface area (Å²) in [5, 5.41) is 16.9. The Hall–Kier alpha value is -1.29. The lowest BCUT2D eigenvalue weighted by molar-refractivity contribution is -0.0145. The first-order valence-corrected chi connectivity index (χ1v) is 7.04. The highest BCUT2D eigenvalue weighted by Gasteiger charge is 2.36. The minimum Gasteiger partial charge on any atom is -0.388 e. The third-order valence-electron chi connectivity index (χ3n) is 4.14. The van der Waals surface area contributed by atoms with Crippen LogP contribution in [0.15, 0.2) is 18.2 Å². The van der Waals surface area contributed by atoms with E-state index in [1.54, 1.807) is 0 Å². The lowest BCUT2D eigenvalue weighted by Crippen LogP contribution is -2.42. The van der Waals surface area contributed by atoms with Crippen molar-refractivity contribution in [3.05, 3.63) is 18.2 Å². The fraction of sp³-hybridized carbons (Fsp3) is 0.667. The van der Waals surface area contributed by atoms with Gasteiger partial charge in [0.2, 0.25) is 0 Å². The Bertz CT molecular complexity index is 421. The van der Waals surface area contributed by atoms with Crippen LogP contribution in [0.3, 0.4) is 0 Å². The van der Waals surface area contributed by atoms with E-state index in [9.17, 15) is 5.11 Å². The van der Waals surface area contributed by atoms with Gasteiger partial charge in [0, 0.05) is 13.6 Å². The number of anilines is 2. The van der Waals surface area contributed by atoms with Crippen LogP contribution in [0, 0.1) is 5.41 Å². The van der Waals surface area contributed by atoms with Gasteiger partial charge in [-0.2, -0.15) is 0 Å². The van der Waals surface area contributed by atoms with Gasteiger partial charge in [0.1, 0.15) is 11.6 Å². The average Bonchev–Trinajstić information content (AvgIpc) is 2.41. The first kappa shape index (κ1) is 14.1. The van der Waals surface area contributed by atoms with Crippen LogP contribution >= 0.6 is 0 Å². The van der Waals surface area contributed by atoms with E-state index in [0.29, 0.717) is 12.0 Å². The molecule has 4 nitrogen and oxygen atoms in total. The number of pyridine rings is 1. The standard InChI is InChI=1S/C15H25N3O/c1-14(2)7-9-15(19,10-8-14)11-17-13-6-4-5-12(16-3)18-13/h4-6,19H,7-11H2,1-3H3,(H2,16,17,18). The smallest absolute Gasteiger partial charge is 0.128 e. The molecule has 2 rings (SSSR count). The second-order valence-corrected chi connectivity index (χ2v) is 6.40. The largest absolute Gasteiger partial charge is 0.388 e. The molecule has 0 radical (unpaired) electrons. The second kappa shape index (κ2) is 5.37. The lowest BCUT2D eigenvalue weighted by Gasteiger charge is -2.40. The van der Waals surface area contributed by atoms with E-state index in [-0.39, 0.29) is 0 Å². The maximum Gasteiger partial charge on any atom is 0.128 e. The minimum absolute atomic E-state index is 0.372. The highest BCUT2D eigenvalue weighted by atomic mass is 16.3. The number of nitrogens with zero attached hydrogens (tertiary/aromatic N) is 1. The SMILES string of the molecule is CNc1cccc(NCC2(O)CCC(C)(C)CC2)n1. The van der Waals surface area contributed by atoms with Crippen LogP contribution in [0.2, 0.25) is 0 Å². The van der Waals surface area contributed by atoms with Crippen LogP contribution in [-0.4, -0.2) is 29.3 Å². The fourth-order valence-electron chi connectivity index (χ4n) is 2.50. The van der Waals surface area contributed by atoms with Gasteiger partial charge in [0.25, 0.3) is 0 Å². The first-order valence-electron chi connectivity index (χ1n) is 7.04. The Labute approximate surface area is 115 Å². The predicted molar refractivity (Wildman–Crippen MR) is 79.5 cm³/mol. The normalized spacial score (nSPS) is 20.8. The Morgan fingerprint density at radius 1 is 1.16 bits per heavy atom. The molecule has 0 atom stereocenters. The van der Waals surface area contributed by atoms with Gasteiger partial charge < -0.3 is 15.7 Å². The van der Waals surface area contributed by atoms with E-state index in [0.717, 1.165) is 37.3 Å². The van der Waals surface area contributed by atoms with Crippen LogP contribution < -0.4 is 10.6 Å². The van der Waals surface area contributed by atoms with E-state index in [1.807, 2.05) is 25.2 Å². The third kappa shape index (κ3) is 3.83. The molecular weight excluding hydrogens is 238 g/mol. The Morgan fingerprint density at radius 3 is 2.42 bits per heavy atom. The van der Waals surface area contributed by atoms with Crippen LogP contribution in [-0.2, 0) is 0 Å². The molecule has 1 aliphatic rings. The van der Waals surface area contributed by atoms with E-state index in [1.165, 1.54) is 0 Å². The molecule has 0 aromatic carbocycles. The molecule has 3 N–H and O–H groups in total. The van der Waals surface area contributed by atoms with Crippen molar-refractivity contribution in [2.24, 2.45) is 5.41 Å². The molecule has 0 spiro atoms. The van der Waals surface area contributed by atoms with Crippen molar-refractivity contribution in [2.75, 3.05) is 24.2 Å². The molecule has 0 amide bonds. The molecule has 1 fully saturated rings. The van der Waals surface area contributed by atoms with Crippen LogP contribution in [0.1, 0.15) is 39.5 Å². The molecule has 0 unspecified atom stereocenters. The lowest BCUT2D eigenvalue weighted by atomic mass is 9.71. The van der Waals surface area contributed by atoms with Gasteiger partial charge in [-0.05, 0) is 43.2 Å². The van der Waals surface area contributed by atoms with E-state index in [2.05, 4.69) is 29.5 Å². The van der Waals surface area contributed by atoms with Gasteiger partial charge in [-0.25, -0.2) is 4.98 Å². The molecule has 19 heavy (non-hydrogen) atoms. The topological polar surface area (TPSA) is 57.2 Å². The van der Waals surface area contributed by atoms with Crippen molar-refractivity contribution in [2.45, 2.75) is 45.1 Å².